The van der Waals surface area contributed by atoms with E-state index in [0.29, 0.717) is 37.3 Å². The molecule has 7 nitrogen and oxygen atoms in total. The summed E-state index contributed by atoms with van der Waals surface area (Å²) in [5.41, 5.74) is 3.04. The van der Waals surface area contributed by atoms with Gasteiger partial charge in [0.05, 0.1) is 16.5 Å². The largest absolute Gasteiger partial charge is 0.336 e. The van der Waals surface area contributed by atoms with Crippen molar-refractivity contribution in [2.45, 2.75) is 37.6 Å². The maximum absolute atomic E-state index is 13.3. The molecule has 1 amide bonds. The van der Waals surface area contributed by atoms with Crippen molar-refractivity contribution >= 4 is 15.9 Å². The molecular weight excluding hydrogens is 436 g/mol. The zero-order valence-corrected chi connectivity index (χ0v) is 19.9. The molecule has 0 spiro atoms. The average molecular weight is 467 g/mol. The number of piperidine rings is 1. The maximum Gasteiger partial charge on any atom is 0.254 e. The first-order chi connectivity index (χ1) is 15.9. The number of carbonyl (C=O) groups excluding carboxylic acids is 1. The minimum absolute atomic E-state index is 0.110. The molecule has 33 heavy (non-hydrogen) atoms. The Bertz CT molecular complexity index is 1140. The van der Waals surface area contributed by atoms with Crippen LogP contribution in [0.3, 0.4) is 0 Å². The van der Waals surface area contributed by atoms with Crippen LogP contribution in [0.5, 0.6) is 0 Å². The first kappa shape index (κ1) is 23.4. The highest BCUT2D eigenvalue weighted by Crippen LogP contribution is 2.24. The van der Waals surface area contributed by atoms with Gasteiger partial charge in [0, 0.05) is 51.4 Å². The molecule has 8 heteroatoms. The van der Waals surface area contributed by atoms with E-state index < -0.39 is 10.0 Å². The Morgan fingerprint density at radius 3 is 2.24 bits per heavy atom. The second-order valence-electron chi connectivity index (χ2n) is 8.82. The molecule has 2 aliphatic heterocycles. The normalized spacial score (nSPS) is 18.1. The lowest BCUT2D eigenvalue weighted by molar-refractivity contribution is 0.0627. The first-order valence-corrected chi connectivity index (χ1v) is 12.9. The van der Waals surface area contributed by atoms with Crippen LogP contribution in [0.1, 0.15) is 46.3 Å². The van der Waals surface area contributed by atoms with Crippen LogP contribution >= 0.6 is 0 Å². The maximum atomic E-state index is 13.3. The monoisotopic (exact) mass is 466 g/mol. The molecule has 0 N–H and O–H groups in total. The van der Waals surface area contributed by atoms with Crippen molar-refractivity contribution < 1.29 is 13.2 Å². The van der Waals surface area contributed by atoms with Crippen LogP contribution in [0.25, 0.3) is 0 Å². The van der Waals surface area contributed by atoms with Crippen LogP contribution in [0.2, 0.25) is 0 Å². The fourth-order valence-corrected chi connectivity index (χ4v) is 6.01. The van der Waals surface area contributed by atoms with Crippen LogP contribution in [-0.4, -0.2) is 67.7 Å². The molecule has 0 radical (unpaired) electrons. The fourth-order valence-electron chi connectivity index (χ4n) is 4.47. The molecular formula is C25H30N4O3S. The number of nitriles is 1. The van der Waals surface area contributed by atoms with E-state index in [1.165, 1.54) is 4.31 Å². The SMILES string of the molecule is Cc1ccc(S(=O)(=O)N2CCCCC2)cc1C(=O)N1CCN(Cc2ccc(C#N)cc2)CC1. The van der Waals surface area contributed by atoms with Crippen LogP contribution < -0.4 is 0 Å². The highest BCUT2D eigenvalue weighted by molar-refractivity contribution is 7.89. The third-order valence-electron chi connectivity index (χ3n) is 6.54. The summed E-state index contributed by atoms with van der Waals surface area (Å²) in [4.78, 5) is 17.6. The highest BCUT2D eigenvalue weighted by atomic mass is 32.2. The summed E-state index contributed by atoms with van der Waals surface area (Å²) in [6.45, 7) is 6.39. The summed E-state index contributed by atoms with van der Waals surface area (Å²) in [6, 6.07) is 14.6. The Kier molecular flexibility index (Phi) is 7.13. The lowest BCUT2D eigenvalue weighted by Crippen LogP contribution is -2.48. The predicted molar refractivity (Wildman–Crippen MR) is 126 cm³/mol. The second-order valence-corrected chi connectivity index (χ2v) is 10.8. The van der Waals surface area contributed by atoms with E-state index in [1.54, 1.807) is 18.2 Å². The van der Waals surface area contributed by atoms with Crippen molar-refractivity contribution in [1.82, 2.24) is 14.1 Å². The highest BCUT2D eigenvalue weighted by Gasteiger charge is 2.29. The number of rotatable bonds is 5. The third kappa shape index (κ3) is 5.27. The van der Waals surface area contributed by atoms with Gasteiger partial charge in [0.2, 0.25) is 10.0 Å². The molecule has 0 unspecified atom stereocenters. The Morgan fingerprint density at radius 1 is 0.939 bits per heavy atom. The van der Waals surface area contributed by atoms with Crippen molar-refractivity contribution in [1.29, 1.82) is 5.26 Å². The van der Waals surface area contributed by atoms with E-state index in [-0.39, 0.29) is 10.8 Å². The molecule has 2 aromatic carbocycles. The van der Waals surface area contributed by atoms with Crippen LogP contribution in [0.15, 0.2) is 47.4 Å². The Hall–Kier alpha value is -2.73. The van der Waals surface area contributed by atoms with E-state index in [0.717, 1.165) is 50.0 Å². The van der Waals surface area contributed by atoms with E-state index in [9.17, 15) is 13.2 Å². The van der Waals surface area contributed by atoms with Gasteiger partial charge in [-0.05, 0) is 55.2 Å². The number of sulfonamides is 1. The average Bonchev–Trinajstić information content (AvgIpc) is 2.85. The van der Waals surface area contributed by atoms with Crippen LogP contribution in [0.4, 0.5) is 0 Å². The third-order valence-corrected chi connectivity index (χ3v) is 8.44. The summed E-state index contributed by atoms with van der Waals surface area (Å²) in [7, 11) is -3.58. The molecule has 2 saturated heterocycles. The first-order valence-electron chi connectivity index (χ1n) is 11.5. The van der Waals surface area contributed by atoms with Crippen molar-refractivity contribution in [3.8, 4) is 6.07 Å². The van der Waals surface area contributed by atoms with Crippen molar-refractivity contribution in [2.24, 2.45) is 0 Å². The van der Waals surface area contributed by atoms with Gasteiger partial charge in [0.15, 0.2) is 0 Å². The number of aryl methyl sites for hydroxylation is 1. The summed E-state index contributed by atoms with van der Waals surface area (Å²) in [5.74, 6) is -0.110. The summed E-state index contributed by atoms with van der Waals surface area (Å²) >= 11 is 0. The number of nitrogens with zero attached hydrogens (tertiary/aromatic N) is 4. The Labute approximate surface area is 196 Å². The van der Waals surface area contributed by atoms with E-state index >= 15 is 0 Å². The number of hydrogen-bond acceptors (Lipinski definition) is 5. The number of carbonyl (C=O) groups is 1. The molecule has 0 atom stereocenters. The lowest BCUT2D eigenvalue weighted by Gasteiger charge is -2.35. The van der Waals surface area contributed by atoms with Gasteiger partial charge in [0.25, 0.3) is 5.91 Å². The molecule has 2 heterocycles. The summed E-state index contributed by atoms with van der Waals surface area (Å²) in [6.07, 6.45) is 2.81. The fraction of sp³-hybridized carbons (Fsp3) is 0.440. The summed E-state index contributed by atoms with van der Waals surface area (Å²) in [5, 5.41) is 8.94. The van der Waals surface area contributed by atoms with Gasteiger partial charge in [-0.15, -0.1) is 0 Å². The van der Waals surface area contributed by atoms with Crippen LogP contribution in [-0.2, 0) is 16.6 Å². The van der Waals surface area contributed by atoms with E-state index in [1.807, 2.05) is 36.1 Å². The van der Waals surface area contributed by atoms with Crippen molar-refractivity contribution in [2.75, 3.05) is 39.3 Å². The number of piperazine rings is 1. The topological polar surface area (TPSA) is 84.7 Å². The molecule has 0 saturated carbocycles. The van der Waals surface area contributed by atoms with Gasteiger partial charge in [-0.25, -0.2) is 8.42 Å². The summed E-state index contributed by atoms with van der Waals surface area (Å²) < 4.78 is 27.7. The number of hydrogen-bond donors (Lipinski definition) is 0. The second kappa shape index (κ2) is 10.0. The van der Waals surface area contributed by atoms with Crippen molar-refractivity contribution in [3.05, 3.63) is 64.7 Å². The molecule has 2 aromatic rings. The van der Waals surface area contributed by atoms with Gasteiger partial charge in [-0.1, -0.05) is 24.6 Å². The zero-order valence-electron chi connectivity index (χ0n) is 19.0. The van der Waals surface area contributed by atoms with Gasteiger partial charge >= 0.3 is 0 Å². The van der Waals surface area contributed by atoms with Gasteiger partial charge < -0.3 is 4.90 Å². The molecule has 0 aromatic heterocycles. The molecule has 2 fully saturated rings. The van der Waals surface area contributed by atoms with Crippen molar-refractivity contribution in [3.63, 3.8) is 0 Å². The number of amides is 1. The minimum Gasteiger partial charge on any atom is -0.336 e. The lowest BCUT2D eigenvalue weighted by atomic mass is 10.1. The van der Waals surface area contributed by atoms with Crippen LogP contribution in [0, 0.1) is 18.3 Å². The van der Waals surface area contributed by atoms with E-state index in [4.69, 9.17) is 5.26 Å². The minimum atomic E-state index is -3.58. The van der Waals surface area contributed by atoms with Gasteiger partial charge in [0.1, 0.15) is 0 Å². The molecule has 0 aliphatic carbocycles. The standard InChI is InChI=1S/C25H30N4O3S/c1-20-5-10-23(33(31,32)29-11-3-2-4-12-29)17-24(20)25(30)28-15-13-27(14-16-28)19-22-8-6-21(18-26)7-9-22/h5-10,17H,2-4,11-16,19H2,1H3. The molecule has 0 bridgehead atoms. The molecule has 4 rings (SSSR count). The smallest absolute Gasteiger partial charge is 0.254 e. The van der Waals surface area contributed by atoms with Gasteiger partial charge in [-0.2, -0.15) is 9.57 Å². The number of benzene rings is 2. The quantitative estimate of drug-likeness (QED) is 0.676. The molecule has 174 valence electrons. The molecule has 2 aliphatic rings. The van der Waals surface area contributed by atoms with E-state index in [2.05, 4.69) is 11.0 Å². The van der Waals surface area contributed by atoms with Gasteiger partial charge in [-0.3, -0.25) is 9.69 Å². The Balaban J connectivity index is 1.42. The Morgan fingerprint density at radius 2 is 1.61 bits per heavy atom. The predicted octanol–water partition coefficient (Wildman–Crippen LogP) is 3.00. The zero-order chi connectivity index (χ0) is 23.4.